The van der Waals surface area contributed by atoms with E-state index in [1.54, 1.807) is 24.3 Å². The lowest BCUT2D eigenvalue weighted by molar-refractivity contribution is -0.129. The fraction of sp³-hybridized carbons (Fsp3) is 0.500. The minimum absolute atomic E-state index is 0.364. The predicted molar refractivity (Wildman–Crippen MR) is 111 cm³/mol. The second-order valence-electron chi connectivity index (χ2n) is 9.16. The van der Waals surface area contributed by atoms with Crippen LogP contribution in [-0.4, -0.2) is 32.6 Å². The average molecular weight is 393 g/mol. The summed E-state index contributed by atoms with van der Waals surface area (Å²) in [4.78, 5) is 20.3. The summed E-state index contributed by atoms with van der Waals surface area (Å²) in [6.45, 7) is 2.01. The molecule has 2 aromatic rings. The monoisotopic (exact) mass is 393 g/mol. The summed E-state index contributed by atoms with van der Waals surface area (Å²) in [6.07, 6.45) is 7.02. The van der Waals surface area contributed by atoms with E-state index in [9.17, 15) is 9.90 Å². The normalized spacial score (nSPS) is 32.2. The van der Waals surface area contributed by atoms with Crippen LogP contribution in [0.25, 0.3) is 0 Å². The first-order valence-electron chi connectivity index (χ1n) is 10.4. The Morgan fingerprint density at radius 1 is 1.17 bits per heavy atom. The molecule has 4 bridgehead atoms. The fourth-order valence-electron chi connectivity index (χ4n) is 5.87. The highest BCUT2D eigenvalue weighted by atomic mass is 16.3. The van der Waals surface area contributed by atoms with E-state index in [2.05, 4.69) is 15.6 Å². The number of nitrogens with one attached hydrogen (secondary N) is 2. The Labute approximate surface area is 170 Å². The van der Waals surface area contributed by atoms with Gasteiger partial charge in [-0.25, -0.2) is 4.98 Å². The summed E-state index contributed by atoms with van der Waals surface area (Å²) in [5.41, 5.74) is 7.12. The molecule has 29 heavy (non-hydrogen) atoms. The lowest BCUT2D eigenvalue weighted by Crippen LogP contribution is -2.59. The van der Waals surface area contributed by atoms with Crippen molar-refractivity contribution in [1.29, 1.82) is 0 Å². The molecule has 2 atom stereocenters. The summed E-state index contributed by atoms with van der Waals surface area (Å²) in [5.74, 6) is 2.61. The number of hydrogen-bond donors (Lipinski definition) is 4. The first-order valence-corrected chi connectivity index (χ1v) is 10.4. The van der Waals surface area contributed by atoms with Gasteiger partial charge < -0.3 is 21.5 Å². The predicted octanol–water partition coefficient (Wildman–Crippen LogP) is 2.98. The van der Waals surface area contributed by atoms with Crippen LogP contribution >= 0.6 is 0 Å². The number of nitrogens with zero attached hydrogens (tertiary/aromatic N) is 2. The smallest absolute Gasteiger partial charge is 0.248 e. The number of carbonyl (C=O) groups excluding carboxylic acids is 1. The van der Waals surface area contributed by atoms with Crippen molar-refractivity contribution in [2.24, 2.45) is 23.5 Å². The van der Waals surface area contributed by atoms with Gasteiger partial charge in [-0.1, -0.05) is 0 Å². The minimum atomic E-state index is -0.449. The minimum Gasteiger partial charge on any atom is -0.390 e. The standard InChI is InChI=1S/C22H27N5O2/c1-12-11-24-21(25-17-4-2-14(3-5-17)19(23)28)27-20(12)26-18-15-6-13-7-16(18)10-22(29,8-13)9-15/h2-5,11,13,15-16,18,29H,6-10H2,1H3,(H2,23,28)(H2,24,25,26,27). The number of benzene rings is 1. The molecule has 7 nitrogen and oxygen atoms in total. The van der Waals surface area contributed by atoms with Gasteiger partial charge in [0.15, 0.2) is 0 Å². The van der Waals surface area contributed by atoms with E-state index >= 15 is 0 Å². The number of aliphatic hydroxyl groups is 1. The van der Waals surface area contributed by atoms with Crippen molar-refractivity contribution >= 4 is 23.4 Å². The Morgan fingerprint density at radius 2 is 1.86 bits per heavy atom. The number of nitrogens with two attached hydrogens (primary N) is 1. The summed E-state index contributed by atoms with van der Waals surface area (Å²) in [5, 5.41) is 17.7. The van der Waals surface area contributed by atoms with Gasteiger partial charge >= 0.3 is 0 Å². The van der Waals surface area contributed by atoms with Gasteiger partial charge in [0, 0.05) is 29.1 Å². The summed E-state index contributed by atoms with van der Waals surface area (Å²) in [6, 6.07) is 7.29. The maximum absolute atomic E-state index is 11.2. The highest BCUT2D eigenvalue weighted by molar-refractivity contribution is 5.93. The lowest BCUT2D eigenvalue weighted by Gasteiger charge is -2.58. The number of hydrogen-bond acceptors (Lipinski definition) is 6. The van der Waals surface area contributed by atoms with Gasteiger partial charge in [0.1, 0.15) is 5.82 Å². The Hall–Kier alpha value is -2.67. The van der Waals surface area contributed by atoms with Crippen molar-refractivity contribution in [3.63, 3.8) is 0 Å². The topological polar surface area (TPSA) is 113 Å². The number of aromatic nitrogens is 2. The van der Waals surface area contributed by atoms with Crippen LogP contribution in [0, 0.1) is 24.7 Å². The highest BCUT2D eigenvalue weighted by Crippen LogP contribution is 2.56. The number of rotatable bonds is 5. The van der Waals surface area contributed by atoms with E-state index < -0.39 is 11.5 Å². The van der Waals surface area contributed by atoms with E-state index in [-0.39, 0.29) is 0 Å². The van der Waals surface area contributed by atoms with Crippen LogP contribution in [-0.2, 0) is 0 Å². The van der Waals surface area contributed by atoms with Gasteiger partial charge in [-0.3, -0.25) is 4.79 Å². The molecular formula is C22H27N5O2. The molecule has 6 rings (SSSR count). The van der Waals surface area contributed by atoms with Crippen LogP contribution in [0.2, 0.25) is 0 Å². The third-order valence-electron chi connectivity index (χ3n) is 6.94. The second-order valence-corrected chi connectivity index (χ2v) is 9.16. The van der Waals surface area contributed by atoms with Crippen LogP contribution in [0.3, 0.4) is 0 Å². The molecule has 1 heterocycles. The molecule has 0 spiro atoms. The number of primary amides is 1. The average Bonchev–Trinajstić information content (AvgIpc) is 2.66. The maximum Gasteiger partial charge on any atom is 0.248 e. The second kappa shape index (κ2) is 6.69. The van der Waals surface area contributed by atoms with Crippen molar-refractivity contribution in [3.05, 3.63) is 41.6 Å². The van der Waals surface area contributed by atoms with Crippen LogP contribution in [0.1, 0.15) is 48.0 Å². The number of carbonyl (C=O) groups is 1. The third-order valence-corrected chi connectivity index (χ3v) is 6.94. The van der Waals surface area contributed by atoms with Gasteiger partial charge in [-0.15, -0.1) is 0 Å². The van der Waals surface area contributed by atoms with Crippen molar-refractivity contribution in [2.75, 3.05) is 10.6 Å². The third kappa shape index (κ3) is 3.44. The van der Waals surface area contributed by atoms with E-state index in [1.807, 2.05) is 13.1 Å². The fourth-order valence-corrected chi connectivity index (χ4v) is 5.87. The first-order chi connectivity index (χ1) is 13.9. The molecule has 4 saturated carbocycles. The molecule has 5 N–H and O–H groups in total. The number of anilines is 3. The first kappa shape index (κ1) is 18.4. The Kier molecular flexibility index (Phi) is 4.24. The van der Waals surface area contributed by atoms with Crippen molar-refractivity contribution in [3.8, 4) is 0 Å². The molecule has 4 aliphatic carbocycles. The van der Waals surface area contributed by atoms with Crippen LogP contribution < -0.4 is 16.4 Å². The molecule has 0 aliphatic heterocycles. The Bertz CT molecular complexity index is 929. The zero-order valence-electron chi connectivity index (χ0n) is 16.6. The summed E-state index contributed by atoms with van der Waals surface area (Å²) >= 11 is 0. The SMILES string of the molecule is Cc1cnc(Nc2ccc(C(N)=O)cc2)nc1NC1C2CC3CC1CC(O)(C3)C2. The van der Waals surface area contributed by atoms with Gasteiger partial charge in [-0.05, 0) is 81.0 Å². The maximum atomic E-state index is 11.2. The van der Waals surface area contributed by atoms with Crippen molar-refractivity contribution < 1.29 is 9.90 Å². The molecule has 0 radical (unpaired) electrons. The zero-order valence-corrected chi connectivity index (χ0v) is 16.6. The molecule has 152 valence electrons. The Morgan fingerprint density at radius 3 is 2.48 bits per heavy atom. The van der Waals surface area contributed by atoms with E-state index in [1.165, 1.54) is 12.8 Å². The van der Waals surface area contributed by atoms with Gasteiger partial charge in [0.05, 0.1) is 5.60 Å². The molecule has 7 heteroatoms. The van der Waals surface area contributed by atoms with Gasteiger partial charge in [-0.2, -0.15) is 4.98 Å². The van der Waals surface area contributed by atoms with E-state index in [0.717, 1.165) is 36.3 Å². The number of amides is 1. The van der Waals surface area contributed by atoms with Gasteiger partial charge in [0.25, 0.3) is 0 Å². The van der Waals surface area contributed by atoms with Gasteiger partial charge in [0.2, 0.25) is 11.9 Å². The molecule has 1 aromatic heterocycles. The molecule has 1 aromatic carbocycles. The zero-order chi connectivity index (χ0) is 20.2. The molecule has 4 aliphatic rings. The van der Waals surface area contributed by atoms with Crippen LogP contribution in [0.4, 0.5) is 17.5 Å². The lowest BCUT2D eigenvalue weighted by atomic mass is 9.52. The molecule has 0 saturated heterocycles. The van der Waals surface area contributed by atoms with Crippen molar-refractivity contribution in [1.82, 2.24) is 9.97 Å². The largest absolute Gasteiger partial charge is 0.390 e. The van der Waals surface area contributed by atoms with Crippen LogP contribution in [0.5, 0.6) is 0 Å². The van der Waals surface area contributed by atoms with Crippen LogP contribution in [0.15, 0.2) is 30.5 Å². The highest BCUT2D eigenvalue weighted by Gasteiger charge is 2.54. The molecule has 1 amide bonds. The van der Waals surface area contributed by atoms with E-state index in [0.29, 0.717) is 35.3 Å². The molecule has 2 unspecified atom stereocenters. The summed E-state index contributed by atoms with van der Waals surface area (Å²) in [7, 11) is 0. The molecule has 4 fully saturated rings. The van der Waals surface area contributed by atoms with E-state index in [4.69, 9.17) is 10.7 Å². The quantitative estimate of drug-likeness (QED) is 0.621. The van der Waals surface area contributed by atoms with Crippen molar-refractivity contribution in [2.45, 2.75) is 50.7 Å². The molecular weight excluding hydrogens is 366 g/mol. The Balaban J connectivity index is 1.33. The summed E-state index contributed by atoms with van der Waals surface area (Å²) < 4.78 is 0. The number of aryl methyl sites for hydroxylation is 1.